The van der Waals surface area contributed by atoms with Gasteiger partial charge in [0.2, 0.25) is 0 Å². The summed E-state index contributed by atoms with van der Waals surface area (Å²) < 4.78 is 5.98. The maximum absolute atomic E-state index is 13.4. The second-order valence-corrected chi connectivity index (χ2v) is 9.42. The zero-order valence-electron chi connectivity index (χ0n) is 21.5. The third kappa shape index (κ3) is 5.19. The van der Waals surface area contributed by atoms with Gasteiger partial charge in [-0.2, -0.15) is 0 Å². The maximum Gasteiger partial charge on any atom is 0.254 e. The molecule has 0 bridgehead atoms. The van der Waals surface area contributed by atoms with Gasteiger partial charge in [-0.25, -0.2) is 4.98 Å². The minimum absolute atomic E-state index is 0.0125. The molecule has 0 unspecified atom stereocenters. The minimum Gasteiger partial charge on any atom is -0.493 e. The Morgan fingerprint density at radius 2 is 1.54 bits per heavy atom. The first kappa shape index (κ1) is 24.5. The second kappa shape index (κ2) is 10.4. The molecular formula is C31H31N3O3. The van der Waals surface area contributed by atoms with Crippen LogP contribution >= 0.6 is 0 Å². The van der Waals surface area contributed by atoms with Gasteiger partial charge < -0.3 is 14.5 Å². The molecule has 3 aromatic carbocycles. The summed E-state index contributed by atoms with van der Waals surface area (Å²) in [4.78, 5) is 34.0. The van der Waals surface area contributed by atoms with Crippen molar-refractivity contribution in [1.82, 2.24) is 9.88 Å². The third-order valence-electron chi connectivity index (χ3n) is 6.87. The van der Waals surface area contributed by atoms with Crippen LogP contribution in [0.1, 0.15) is 40.1 Å². The molecule has 1 aliphatic rings. The summed E-state index contributed by atoms with van der Waals surface area (Å²) in [5, 5.41) is 0.841. The minimum atomic E-state index is 0.0125. The Labute approximate surface area is 217 Å². The number of ether oxygens (including phenoxy) is 1. The second-order valence-electron chi connectivity index (χ2n) is 9.42. The van der Waals surface area contributed by atoms with Crippen LogP contribution in [0.4, 0.5) is 5.69 Å². The lowest BCUT2D eigenvalue weighted by Gasteiger charge is -2.36. The molecule has 1 amide bonds. The summed E-state index contributed by atoms with van der Waals surface area (Å²) in [7, 11) is 0. The number of aryl methyl sites for hydroxylation is 1. The molecule has 188 valence electrons. The number of benzene rings is 3. The molecule has 5 rings (SSSR count). The number of amides is 1. The maximum atomic E-state index is 13.4. The van der Waals surface area contributed by atoms with Crippen LogP contribution in [0.5, 0.6) is 5.75 Å². The Bertz CT molecular complexity index is 1440. The van der Waals surface area contributed by atoms with E-state index in [0.717, 1.165) is 46.7 Å². The zero-order valence-corrected chi connectivity index (χ0v) is 21.5. The SMILES string of the molecule is CCOc1cc(-c2ccc(C)cc2)nc2ccc(C(=O)N3CCN(c4ccc(C(C)=O)cc4)CC3)cc12. The molecule has 0 atom stereocenters. The molecule has 0 saturated carbocycles. The number of rotatable bonds is 6. The standard InChI is InChI=1S/C31H31N3O3/c1-4-37-30-20-29(24-7-5-21(2)6-8-24)32-28-14-11-25(19-27(28)30)31(36)34-17-15-33(16-18-34)26-12-9-23(10-13-26)22(3)35/h5-14,19-20H,4,15-18H2,1-3H3. The van der Waals surface area contributed by atoms with E-state index in [2.05, 4.69) is 36.1 Å². The van der Waals surface area contributed by atoms with Crippen LogP contribution in [0.25, 0.3) is 22.2 Å². The number of fused-ring (bicyclic) bond motifs is 1. The van der Waals surface area contributed by atoms with E-state index in [4.69, 9.17) is 9.72 Å². The lowest BCUT2D eigenvalue weighted by atomic mass is 10.0. The van der Waals surface area contributed by atoms with E-state index in [9.17, 15) is 9.59 Å². The predicted molar refractivity (Wildman–Crippen MR) is 148 cm³/mol. The van der Waals surface area contributed by atoms with Crippen LogP contribution in [0, 0.1) is 6.92 Å². The van der Waals surface area contributed by atoms with Crippen molar-refractivity contribution in [2.45, 2.75) is 20.8 Å². The number of Topliss-reactive ketones (excluding diaryl/α,β-unsaturated/α-hetero) is 1. The molecule has 6 heteroatoms. The van der Waals surface area contributed by atoms with Gasteiger partial charge in [-0.15, -0.1) is 0 Å². The fourth-order valence-electron chi connectivity index (χ4n) is 4.73. The molecule has 6 nitrogen and oxygen atoms in total. The Morgan fingerprint density at radius 1 is 0.865 bits per heavy atom. The molecule has 1 saturated heterocycles. The number of aromatic nitrogens is 1. The molecule has 1 aliphatic heterocycles. The van der Waals surface area contributed by atoms with Crippen molar-refractivity contribution in [1.29, 1.82) is 0 Å². The highest BCUT2D eigenvalue weighted by atomic mass is 16.5. The predicted octanol–water partition coefficient (Wildman–Crippen LogP) is 5.77. The number of hydrogen-bond acceptors (Lipinski definition) is 5. The van der Waals surface area contributed by atoms with Crippen LogP contribution in [-0.2, 0) is 0 Å². The molecule has 0 N–H and O–H groups in total. The summed E-state index contributed by atoms with van der Waals surface area (Å²) in [6, 6.07) is 23.6. The molecule has 0 spiro atoms. The van der Waals surface area contributed by atoms with Gasteiger partial charge in [0, 0.05) is 60.0 Å². The molecule has 0 radical (unpaired) electrons. The quantitative estimate of drug-likeness (QED) is 0.319. The number of pyridine rings is 1. The van der Waals surface area contributed by atoms with E-state index in [1.54, 1.807) is 6.92 Å². The van der Waals surface area contributed by atoms with Gasteiger partial charge in [0.15, 0.2) is 5.78 Å². The van der Waals surface area contributed by atoms with Crippen LogP contribution < -0.4 is 9.64 Å². The molecule has 4 aromatic rings. The van der Waals surface area contributed by atoms with E-state index in [-0.39, 0.29) is 11.7 Å². The summed E-state index contributed by atoms with van der Waals surface area (Å²) in [6.07, 6.45) is 0. The van der Waals surface area contributed by atoms with Crippen LogP contribution in [0.2, 0.25) is 0 Å². The Balaban J connectivity index is 1.35. The van der Waals surface area contributed by atoms with Crippen molar-refractivity contribution in [2.24, 2.45) is 0 Å². The fraction of sp³-hybridized carbons (Fsp3) is 0.258. The smallest absolute Gasteiger partial charge is 0.254 e. The lowest BCUT2D eigenvalue weighted by Crippen LogP contribution is -2.48. The number of piperazine rings is 1. The van der Waals surface area contributed by atoms with Crippen LogP contribution in [-0.4, -0.2) is 54.4 Å². The van der Waals surface area contributed by atoms with Crippen molar-refractivity contribution in [2.75, 3.05) is 37.7 Å². The van der Waals surface area contributed by atoms with Gasteiger partial charge in [0.1, 0.15) is 5.75 Å². The average molecular weight is 494 g/mol. The molecule has 1 fully saturated rings. The highest BCUT2D eigenvalue weighted by molar-refractivity contribution is 6.00. The first-order valence-corrected chi connectivity index (χ1v) is 12.7. The topological polar surface area (TPSA) is 62.7 Å². The van der Waals surface area contributed by atoms with Gasteiger partial charge in [-0.05, 0) is 63.2 Å². The van der Waals surface area contributed by atoms with Gasteiger partial charge in [-0.1, -0.05) is 29.8 Å². The van der Waals surface area contributed by atoms with Gasteiger partial charge in [-0.3, -0.25) is 9.59 Å². The van der Waals surface area contributed by atoms with E-state index < -0.39 is 0 Å². The monoisotopic (exact) mass is 493 g/mol. The van der Waals surface area contributed by atoms with Gasteiger partial charge in [0.05, 0.1) is 17.8 Å². The van der Waals surface area contributed by atoms with Crippen molar-refractivity contribution < 1.29 is 14.3 Å². The van der Waals surface area contributed by atoms with E-state index in [1.165, 1.54) is 5.56 Å². The Hall–Kier alpha value is -4.19. The zero-order chi connectivity index (χ0) is 25.9. The normalized spacial score (nSPS) is 13.6. The summed E-state index contributed by atoms with van der Waals surface area (Å²) >= 11 is 0. The summed E-state index contributed by atoms with van der Waals surface area (Å²) in [5.74, 6) is 0.807. The first-order valence-electron chi connectivity index (χ1n) is 12.7. The van der Waals surface area contributed by atoms with E-state index >= 15 is 0 Å². The fourth-order valence-corrected chi connectivity index (χ4v) is 4.73. The largest absolute Gasteiger partial charge is 0.493 e. The molecule has 37 heavy (non-hydrogen) atoms. The molecule has 2 heterocycles. The molecular weight excluding hydrogens is 462 g/mol. The Morgan fingerprint density at radius 3 is 2.19 bits per heavy atom. The van der Waals surface area contributed by atoms with Crippen molar-refractivity contribution in [3.8, 4) is 17.0 Å². The van der Waals surface area contributed by atoms with Crippen molar-refractivity contribution in [3.05, 3.63) is 89.5 Å². The van der Waals surface area contributed by atoms with Crippen LogP contribution in [0.3, 0.4) is 0 Å². The highest BCUT2D eigenvalue weighted by Gasteiger charge is 2.23. The molecule has 0 aliphatic carbocycles. The average Bonchev–Trinajstić information content (AvgIpc) is 2.93. The first-order chi connectivity index (χ1) is 17.9. The van der Waals surface area contributed by atoms with Gasteiger partial charge in [0.25, 0.3) is 5.91 Å². The summed E-state index contributed by atoms with van der Waals surface area (Å²) in [5.41, 5.74) is 6.30. The number of hydrogen-bond donors (Lipinski definition) is 0. The number of carbonyl (C=O) groups is 2. The van der Waals surface area contributed by atoms with Crippen molar-refractivity contribution >= 4 is 28.3 Å². The van der Waals surface area contributed by atoms with Crippen LogP contribution in [0.15, 0.2) is 72.8 Å². The van der Waals surface area contributed by atoms with E-state index in [0.29, 0.717) is 30.8 Å². The summed E-state index contributed by atoms with van der Waals surface area (Å²) in [6.45, 7) is 8.87. The lowest BCUT2D eigenvalue weighted by molar-refractivity contribution is 0.0746. The van der Waals surface area contributed by atoms with Crippen molar-refractivity contribution in [3.63, 3.8) is 0 Å². The van der Waals surface area contributed by atoms with Gasteiger partial charge >= 0.3 is 0 Å². The molecule has 1 aromatic heterocycles. The third-order valence-corrected chi connectivity index (χ3v) is 6.87. The highest BCUT2D eigenvalue weighted by Crippen LogP contribution is 2.31. The Kier molecular flexibility index (Phi) is 6.91. The number of anilines is 1. The number of carbonyl (C=O) groups excluding carboxylic acids is 2. The number of ketones is 1. The van der Waals surface area contributed by atoms with E-state index in [1.807, 2.05) is 60.4 Å². The number of nitrogens with zero attached hydrogens (tertiary/aromatic N) is 3.